The molecular weight excluding hydrogens is 369 g/mol. The van der Waals surface area contributed by atoms with Gasteiger partial charge in [-0.1, -0.05) is 11.6 Å². The molecule has 138 valence electrons. The van der Waals surface area contributed by atoms with Crippen molar-refractivity contribution in [2.45, 2.75) is 50.2 Å². The van der Waals surface area contributed by atoms with Crippen LogP contribution in [-0.2, 0) is 4.79 Å². The SMILES string of the molecule is Cl.O=C(CCOc1ccc(Cl)cc1[N+](=O)[O-])NC1CC2CCC(C1)N2. The van der Waals surface area contributed by atoms with E-state index in [0.29, 0.717) is 12.1 Å². The van der Waals surface area contributed by atoms with Crippen molar-refractivity contribution >= 4 is 35.6 Å². The molecule has 0 spiro atoms. The molecule has 0 saturated carbocycles. The van der Waals surface area contributed by atoms with Crippen molar-refractivity contribution in [3.63, 3.8) is 0 Å². The van der Waals surface area contributed by atoms with Crippen molar-refractivity contribution in [2.75, 3.05) is 6.61 Å². The summed E-state index contributed by atoms with van der Waals surface area (Å²) in [4.78, 5) is 22.5. The predicted molar refractivity (Wildman–Crippen MR) is 96.6 cm³/mol. The van der Waals surface area contributed by atoms with E-state index in [-0.39, 0.29) is 53.8 Å². The van der Waals surface area contributed by atoms with Crippen LogP contribution in [0.4, 0.5) is 5.69 Å². The van der Waals surface area contributed by atoms with Crippen LogP contribution in [0.5, 0.6) is 5.75 Å². The molecule has 2 unspecified atom stereocenters. The van der Waals surface area contributed by atoms with Gasteiger partial charge in [0, 0.05) is 29.2 Å². The minimum absolute atomic E-state index is 0. The Balaban J connectivity index is 0.00000225. The van der Waals surface area contributed by atoms with E-state index in [2.05, 4.69) is 10.6 Å². The Morgan fingerprint density at radius 3 is 2.68 bits per heavy atom. The number of nitrogens with one attached hydrogen (secondary N) is 2. The number of amides is 1. The third-order valence-corrected chi connectivity index (χ3v) is 4.78. The van der Waals surface area contributed by atoms with Crippen molar-refractivity contribution in [2.24, 2.45) is 0 Å². The Morgan fingerprint density at radius 1 is 1.36 bits per heavy atom. The minimum atomic E-state index is -0.550. The van der Waals surface area contributed by atoms with Crippen molar-refractivity contribution < 1.29 is 14.5 Å². The number of hydrogen-bond acceptors (Lipinski definition) is 5. The molecule has 2 fully saturated rings. The lowest BCUT2D eigenvalue weighted by Gasteiger charge is -2.29. The molecule has 0 radical (unpaired) electrons. The first kappa shape index (κ1) is 19.8. The highest BCUT2D eigenvalue weighted by Gasteiger charge is 2.33. The second-order valence-electron chi connectivity index (χ2n) is 6.34. The smallest absolute Gasteiger partial charge is 0.312 e. The molecule has 2 N–H and O–H groups in total. The van der Waals surface area contributed by atoms with E-state index in [0.717, 1.165) is 12.8 Å². The summed E-state index contributed by atoms with van der Waals surface area (Å²) < 4.78 is 5.39. The fourth-order valence-corrected chi connectivity index (χ4v) is 3.65. The molecule has 2 heterocycles. The molecule has 1 amide bonds. The second kappa shape index (κ2) is 8.69. The summed E-state index contributed by atoms with van der Waals surface area (Å²) in [6, 6.07) is 5.45. The molecule has 2 saturated heterocycles. The van der Waals surface area contributed by atoms with E-state index in [1.54, 1.807) is 0 Å². The molecule has 25 heavy (non-hydrogen) atoms. The minimum Gasteiger partial charge on any atom is -0.486 e. The molecule has 9 heteroatoms. The standard InChI is InChI=1S/C16H20ClN3O4.ClH/c17-10-1-4-15(14(7-10)20(22)23)24-6-5-16(21)19-13-8-11-2-3-12(9-13)18-11;/h1,4,7,11-13,18H,2-3,5-6,8-9H2,(H,19,21);1H. The molecule has 2 aliphatic rings. The number of nitrogens with zero attached hydrogens (tertiary/aromatic N) is 1. The van der Waals surface area contributed by atoms with Gasteiger partial charge in [0.05, 0.1) is 18.0 Å². The summed E-state index contributed by atoms with van der Waals surface area (Å²) in [5.41, 5.74) is -0.196. The van der Waals surface area contributed by atoms with Gasteiger partial charge in [0.1, 0.15) is 0 Å². The molecule has 0 aromatic heterocycles. The van der Waals surface area contributed by atoms with Crippen molar-refractivity contribution in [1.82, 2.24) is 10.6 Å². The molecule has 2 aliphatic heterocycles. The van der Waals surface area contributed by atoms with Gasteiger partial charge >= 0.3 is 5.69 Å². The highest BCUT2D eigenvalue weighted by Crippen LogP contribution is 2.30. The monoisotopic (exact) mass is 389 g/mol. The van der Waals surface area contributed by atoms with E-state index >= 15 is 0 Å². The lowest BCUT2D eigenvalue weighted by Crippen LogP contribution is -2.48. The number of carbonyl (C=O) groups excluding carboxylic acids is 1. The third kappa shape index (κ3) is 5.20. The maximum Gasteiger partial charge on any atom is 0.312 e. The Kier molecular flexibility index (Phi) is 6.87. The van der Waals surface area contributed by atoms with E-state index < -0.39 is 4.92 Å². The molecule has 1 aromatic rings. The molecule has 0 aliphatic carbocycles. The van der Waals surface area contributed by atoms with Gasteiger partial charge in [0.15, 0.2) is 5.75 Å². The number of nitro benzene ring substituents is 1. The van der Waals surface area contributed by atoms with Crippen LogP contribution >= 0.6 is 24.0 Å². The molecule has 7 nitrogen and oxygen atoms in total. The van der Waals surface area contributed by atoms with Gasteiger partial charge < -0.3 is 15.4 Å². The number of hydrogen-bond donors (Lipinski definition) is 2. The van der Waals surface area contributed by atoms with Gasteiger partial charge in [0.25, 0.3) is 0 Å². The zero-order valence-corrected chi connectivity index (χ0v) is 15.1. The van der Waals surface area contributed by atoms with Gasteiger partial charge in [-0.15, -0.1) is 12.4 Å². The summed E-state index contributed by atoms with van der Waals surface area (Å²) in [5.74, 6) is 0.0371. The third-order valence-electron chi connectivity index (χ3n) is 4.54. The first-order chi connectivity index (χ1) is 11.5. The normalized spacial score (nSPS) is 24.3. The second-order valence-corrected chi connectivity index (χ2v) is 6.78. The summed E-state index contributed by atoms with van der Waals surface area (Å²) in [7, 11) is 0. The maximum absolute atomic E-state index is 12.0. The van der Waals surface area contributed by atoms with Crippen LogP contribution in [-0.4, -0.2) is 35.6 Å². The highest BCUT2D eigenvalue weighted by atomic mass is 35.5. The Labute approximate surface area is 157 Å². The van der Waals surface area contributed by atoms with E-state index in [1.165, 1.54) is 31.0 Å². The number of piperidine rings is 1. The number of carbonyl (C=O) groups is 1. The predicted octanol–water partition coefficient (Wildman–Crippen LogP) is 2.84. The summed E-state index contributed by atoms with van der Waals surface area (Å²) in [6.07, 6.45) is 4.46. The lowest BCUT2D eigenvalue weighted by molar-refractivity contribution is -0.385. The Morgan fingerprint density at radius 2 is 2.04 bits per heavy atom. The number of nitro groups is 1. The van der Waals surface area contributed by atoms with E-state index in [4.69, 9.17) is 16.3 Å². The average Bonchev–Trinajstić information content (AvgIpc) is 2.87. The van der Waals surface area contributed by atoms with Crippen molar-refractivity contribution in [3.05, 3.63) is 33.3 Å². The van der Waals surface area contributed by atoms with Crippen LogP contribution in [0.25, 0.3) is 0 Å². The fourth-order valence-electron chi connectivity index (χ4n) is 3.48. The first-order valence-corrected chi connectivity index (χ1v) is 8.51. The van der Waals surface area contributed by atoms with Crippen LogP contribution in [0.2, 0.25) is 5.02 Å². The largest absolute Gasteiger partial charge is 0.486 e. The van der Waals surface area contributed by atoms with Crippen LogP contribution < -0.4 is 15.4 Å². The average molecular weight is 390 g/mol. The van der Waals surface area contributed by atoms with E-state index in [9.17, 15) is 14.9 Å². The zero-order chi connectivity index (χ0) is 17.1. The topological polar surface area (TPSA) is 93.5 Å². The number of fused-ring (bicyclic) bond motifs is 2. The molecule has 2 atom stereocenters. The van der Waals surface area contributed by atoms with E-state index in [1.807, 2.05) is 0 Å². The number of rotatable bonds is 6. The van der Waals surface area contributed by atoms with Crippen molar-refractivity contribution in [1.29, 1.82) is 0 Å². The Hall–Kier alpha value is -1.57. The molecule has 2 bridgehead atoms. The molecule has 1 aromatic carbocycles. The van der Waals surface area contributed by atoms with Crippen LogP contribution in [0.3, 0.4) is 0 Å². The zero-order valence-electron chi connectivity index (χ0n) is 13.6. The number of benzene rings is 1. The lowest BCUT2D eigenvalue weighted by atomic mass is 10.00. The molecular formula is C16H21Cl2N3O4. The first-order valence-electron chi connectivity index (χ1n) is 8.13. The van der Waals surface area contributed by atoms with Gasteiger partial charge in [-0.05, 0) is 37.8 Å². The van der Waals surface area contributed by atoms with Gasteiger partial charge in [0.2, 0.25) is 5.91 Å². The van der Waals surface area contributed by atoms with Gasteiger partial charge in [-0.25, -0.2) is 0 Å². The van der Waals surface area contributed by atoms with Crippen LogP contribution in [0, 0.1) is 10.1 Å². The number of halogens is 2. The van der Waals surface area contributed by atoms with Crippen LogP contribution in [0.1, 0.15) is 32.1 Å². The Bertz CT molecular complexity index is 632. The van der Waals surface area contributed by atoms with Gasteiger partial charge in [-0.3, -0.25) is 14.9 Å². The summed E-state index contributed by atoms with van der Waals surface area (Å²) in [5, 5.41) is 17.8. The number of ether oxygens (including phenoxy) is 1. The maximum atomic E-state index is 12.0. The highest BCUT2D eigenvalue weighted by molar-refractivity contribution is 6.30. The van der Waals surface area contributed by atoms with Gasteiger partial charge in [-0.2, -0.15) is 0 Å². The summed E-state index contributed by atoms with van der Waals surface area (Å²) in [6.45, 7) is 0.0894. The quantitative estimate of drug-likeness (QED) is 0.576. The fraction of sp³-hybridized carbons (Fsp3) is 0.562. The van der Waals surface area contributed by atoms with Crippen LogP contribution in [0.15, 0.2) is 18.2 Å². The molecule has 3 rings (SSSR count). The summed E-state index contributed by atoms with van der Waals surface area (Å²) >= 11 is 5.75. The van der Waals surface area contributed by atoms with Crippen molar-refractivity contribution in [3.8, 4) is 5.75 Å².